The Bertz CT molecular complexity index is 519. The normalized spacial score (nSPS) is 13.6. The molecule has 0 fully saturated rings. The van der Waals surface area contributed by atoms with E-state index in [1.165, 1.54) is 0 Å². The summed E-state index contributed by atoms with van der Waals surface area (Å²) in [5, 5.41) is 14.7. The minimum atomic E-state index is -1.08. The zero-order chi connectivity index (χ0) is 15.3. The van der Waals surface area contributed by atoms with Crippen LogP contribution in [-0.4, -0.2) is 29.1 Å². The van der Waals surface area contributed by atoms with Crippen LogP contribution in [0.15, 0.2) is 18.2 Å². The van der Waals surface area contributed by atoms with Gasteiger partial charge in [0.2, 0.25) is 5.91 Å². The number of nitrogens with one attached hydrogen (secondary N) is 2. The number of amides is 1. The van der Waals surface area contributed by atoms with Crippen LogP contribution in [-0.2, 0) is 9.59 Å². The summed E-state index contributed by atoms with van der Waals surface area (Å²) in [4.78, 5) is 23.0. The van der Waals surface area contributed by atoms with Gasteiger partial charge in [0.15, 0.2) is 0 Å². The number of carbonyl (C=O) groups is 2. The van der Waals surface area contributed by atoms with E-state index in [1.807, 2.05) is 25.1 Å². The minimum Gasteiger partial charge on any atom is -0.480 e. The summed E-state index contributed by atoms with van der Waals surface area (Å²) in [6.07, 6.45) is 0.401. The van der Waals surface area contributed by atoms with Crippen LogP contribution < -0.4 is 10.6 Å². The van der Waals surface area contributed by atoms with Crippen molar-refractivity contribution in [2.45, 2.75) is 32.7 Å². The summed E-state index contributed by atoms with van der Waals surface area (Å²) in [7, 11) is 0. The van der Waals surface area contributed by atoms with Crippen molar-refractivity contribution >= 4 is 40.2 Å². The highest BCUT2D eigenvalue weighted by atomic mass is 127. The molecule has 6 heteroatoms. The molecule has 0 aliphatic carbocycles. The Labute approximate surface area is 132 Å². The van der Waals surface area contributed by atoms with Crippen molar-refractivity contribution in [1.29, 1.82) is 0 Å². The molecule has 0 saturated heterocycles. The zero-order valence-electron chi connectivity index (χ0n) is 11.8. The van der Waals surface area contributed by atoms with Crippen LogP contribution >= 0.6 is 22.6 Å². The third-order valence-electron chi connectivity index (χ3n) is 3.28. The molecule has 1 aromatic carbocycles. The van der Waals surface area contributed by atoms with Crippen LogP contribution in [0.1, 0.15) is 25.8 Å². The number of carbonyl (C=O) groups excluding carboxylic acids is 1. The van der Waals surface area contributed by atoms with E-state index in [0.29, 0.717) is 6.42 Å². The van der Waals surface area contributed by atoms with Crippen molar-refractivity contribution in [3.05, 3.63) is 27.3 Å². The molecule has 1 rings (SSSR count). The van der Waals surface area contributed by atoms with Gasteiger partial charge in [-0.1, -0.05) is 6.92 Å². The number of carboxylic acid groups (broad SMARTS) is 1. The molecule has 1 unspecified atom stereocenters. The molecular formula is C14H19IN2O3. The Morgan fingerprint density at radius 2 is 2.05 bits per heavy atom. The molecule has 0 spiro atoms. The van der Waals surface area contributed by atoms with E-state index in [4.69, 9.17) is 5.11 Å². The molecule has 1 amide bonds. The average molecular weight is 390 g/mol. The number of anilines is 1. The zero-order valence-corrected chi connectivity index (χ0v) is 13.9. The first kappa shape index (κ1) is 16.9. The lowest BCUT2D eigenvalue weighted by molar-refractivity contribution is -0.144. The molecule has 1 aromatic rings. The largest absolute Gasteiger partial charge is 0.480 e. The Balaban J connectivity index is 2.62. The summed E-state index contributed by atoms with van der Waals surface area (Å²) < 4.78 is 1.10. The van der Waals surface area contributed by atoms with Crippen LogP contribution in [0.25, 0.3) is 0 Å². The van der Waals surface area contributed by atoms with Gasteiger partial charge < -0.3 is 10.4 Å². The highest BCUT2D eigenvalue weighted by Crippen LogP contribution is 2.17. The van der Waals surface area contributed by atoms with E-state index < -0.39 is 11.5 Å². The molecule has 0 saturated carbocycles. The smallest absolute Gasteiger partial charge is 0.323 e. The van der Waals surface area contributed by atoms with Gasteiger partial charge in [0, 0.05) is 9.26 Å². The third-order valence-corrected chi connectivity index (χ3v) is 3.95. The van der Waals surface area contributed by atoms with Crippen molar-refractivity contribution in [2.75, 3.05) is 11.9 Å². The maximum absolute atomic E-state index is 11.9. The number of rotatable bonds is 6. The first-order valence-corrected chi connectivity index (χ1v) is 7.41. The highest BCUT2D eigenvalue weighted by Gasteiger charge is 2.30. The van der Waals surface area contributed by atoms with Gasteiger partial charge in [-0.25, -0.2) is 0 Å². The fraction of sp³-hybridized carbons (Fsp3) is 0.429. The molecular weight excluding hydrogens is 371 g/mol. The van der Waals surface area contributed by atoms with Gasteiger partial charge in [-0.2, -0.15) is 0 Å². The van der Waals surface area contributed by atoms with E-state index in [0.717, 1.165) is 14.8 Å². The minimum absolute atomic E-state index is 0.0396. The number of aliphatic carboxylic acids is 1. The van der Waals surface area contributed by atoms with E-state index in [2.05, 4.69) is 33.2 Å². The summed E-state index contributed by atoms with van der Waals surface area (Å²) in [6.45, 7) is 5.21. The van der Waals surface area contributed by atoms with Crippen molar-refractivity contribution in [3.8, 4) is 0 Å². The molecule has 5 nitrogen and oxygen atoms in total. The van der Waals surface area contributed by atoms with Crippen molar-refractivity contribution < 1.29 is 14.7 Å². The molecule has 1 atom stereocenters. The summed E-state index contributed by atoms with van der Waals surface area (Å²) >= 11 is 2.20. The second-order valence-corrected chi connectivity index (χ2v) is 6.10. The van der Waals surface area contributed by atoms with Gasteiger partial charge in [-0.15, -0.1) is 0 Å². The Morgan fingerprint density at radius 3 is 2.55 bits per heavy atom. The molecule has 0 radical (unpaired) electrons. The number of benzene rings is 1. The second-order valence-electron chi connectivity index (χ2n) is 4.85. The molecule has 0 aliphatic heterocycles. The SMILES string of the molecule is CCC(C)(NCC(=O)Nc1ccc(I)cc1C)C(=O)O. The standard InChI is InChI=1S/C14H19IN2O3/c1-4-14(3,13(19)20)16-8-12(18)17-11-6-5-10(15)7-9(11)2/h5-7,16H,4,8H2,1-3H3,(H,17,18)(H,19,20). The Morgan fingerprint density at radius 1 is 1.40 bits per heavy atom. The first-order valence-electron chi connectivity index (χ1n) is 6.33. The van der Waals surface area contributed by atoms with E-state index in [1.54, 1.807) is 13.8 Å². The van der Waals surface area contributed by atoms with Gasteiger partial charge in [0.05, 0.1) is 6.54 Å². The molecule has 0 heterocycles. The fourth-order valence-corrected chi connectivity index (χ4v) is 2.24. The molecule has 110 valence electrons. The number of hydrogen-bond acceptors (Lipinski definition) is 3. The summed E-state index contributed by atoms with van der Waals surface area (Å²) in [5.74, 6) is -1.21. The Hall–Kier alpha value is -1.15. The van der Waals surface area contributed by atoms with Gasteiger partial charge in [-0.05, 0) is 66.6 Å². The van der Waals surface area contributed by atoms with Crippen molar-refractivity contribution in [1.82, 2.24) is 5.32 Å². The van der Waals surface area contributed by atoms with Gasteiger partial charge in [-0.3, -0.25) is 14.9 Å². The van der Waals surface area contributed by atoms with Crippen molar-refractivity contribution in [2.24, 2.45) is 0 Å². The number of halogens is 1. The van der Waals surface area contributed by atoms with E-state index in [-0.39, 0.29) is 12.5 Å². The topological polar surface area (TPSA) is 78.4 Å². The maximum atomic E-state index is 11.9. The average Bonchev–Trinajstić information content (AvgIpc) is 2.39. The van der Waals surface area contributed by atoms with Gasteiger partial charge >= 0.3 is 5.97 Å². The summed E-state index contributed by atoms with van der Waals surface area (Å²) in [6, 6.07) is 5.71. The molecule has 0 aliphatic rings. The summed E-state index contributed by atoms with van der Waals surface area (Å²) in [5.41, 5.74) is 0.630. The van der Waals surface area contributed by atoms with Gasteiger partial charge in [0.1, 0.15) is 5.54 Å². The van der Waals surface area contributed by atoms with E-state index >= 15 is 0 Å². The monoisotopic (exact) mass is 390 g/mol. The molecule has 0 aromatic heterocycles. The van der Waals surface area contributed by atoms with Gasteiger partial charge in [0.25, 0.3) is 0 Å². The van der Waals surface area contributed by atoms with E-state index in [9.17, 15) is 9.59 Å². The number of carboxylic acids is 1. The van der Waals surface area contributed by atoms with Crippen LogP contribution in [0.5, 0.6) is 0 Å². The maximum Gasteiger partial charge on any atom is 0.323 e. The lowest BCUT2D eigenvalue weighted by Crippen LogP contribution is -2.51. The fourth-order valence-electron chi connectivity index (χ4n) is 1.59. The predicted octanol–water partition coefficient (Wildman–Crippen LogP) is 2.38. The number of hydrogen-bond donors (Lipinski definition) is 3. The second kappa shape index (κ2) is 7.03. The molecule has 3 N–H and O–H groups in total. The quantitative estimate of drug-likeness (QED) is 0.652. The third kappa shape index (κ3) is 4.45. The lowest BCUT2D eigenvalue weighted by Gasteiger charge is -2.24. The van der Waals surface area contributed by atoms with Crippen LogP contribution in [0, 0.1) is 10.5 Å². The van der Waals surface area contributed by atoms with Crippen molar-refractivity contribution in [3.63, 3.8) is 0 Å². The van der Waals surface area contributed by atoms with Crippen LogP contribution in [0.3, 0.4) is 0 Å². The lowest BCUT2D eigenvalue weighted by atomic mass is 9.99. The van der Waals surface area contributed by atoms with Crippen LogP contribution in [0.4, 0.5) is 5.69 Å². The van der Waals surface area contributed by atoms with Crippen LogP contribution in [0.2, 0.25) is 0 Å². The molecule has 0 bridgehead atoms. The molecule has 20 heavy (non-hydrogen) atoms. The number of aryl methyl sites for hydroxylation is 1. The Kier molecular flexibility index (Phi) is 5.94. The first-order chi connectivity index (χ1) is 9.28. The predicted molar refractivity (Wildman–Crippen MR) is 86.9 cm³/mol. The highest BCUT2D eigenvalue weighted by molar-refractivity contribution is 14.1.